The number of rotatable bonds is 4. The first-order valence-corrected chi connectivity index (χ1v) is 10.5. The number of carbonyl (C=O) groups is 2. The van der Waals surface area contributed by atoms with Crippen LogP contribution >= 0.6 is 0 Å². The van der Waals surface area contributed by atoms with Gasteiger partial charge in [-0.3, -0.25) is 4.79 Å². The van der Waals surface area contributed by atoms with E-state index in [-0.39, 0.29) is 11.9 Å². The van der Waals surface area contributed by atoms with Crippen molar-refractivity contribution in [3.05, 3.63) is 41.1 Å². The molecular weight excluding hydrogens is 382 g/mol. The van der Waals surface area contributed by atoms with Gasteiger partial charge in [0.1, 0.15) is 5.82 Å². The Morgan fingerprint density at radius 2 is 1.83 bits per heavy atom. The van der Waals surface area contributed by atoms with E-state index in [4.69, 9.17) is 14.7 Å². The predicted molar refractivity (Wildman–Crippen MR) is 115 cm³/mol. The second-order valence-electron chi connectivity index (χ2n) is 7.63. The standard InChI is InChI=1S/C22H27N5O3/c1-3-30-22(29)27-13-11-26(12-14-27)21-24-17-5-4-6-18(28)19(17)20(25-21)23-16-9-7-15(2)8-10-16/h7-10H,3-6,11-14H2,1-2H3,(H,23,24,25). The molecule has 158 valence electrons. The van der Waals surface area contributed by atoms with Crippen LogP contribution in [0.25, 0.3) is 0 Å². The smallest absolute Gasteiger partial charge is 0.409 e. The van der Waals surface area contributed by atoms with E-state index in [0.29, 0.717) is 56.5 Å². The maximum Gasteiger partial charge on any atom is 0.409 e. The molecule has 0 saturated carbocycles. The number of aryl methyl sites for hydroxylation is 2. The van der Waals surface area contributed by atoms with Crippen molar-refractivity contribution in [2.24, 2.45) is 0 Å². The van der Waals surface area contributed by atoms with Crippen LogP contribution in [0.2, 0.25) is 0 Å². The minimum atomic E-state index is -0.282. The van der Waals surface area contributed by atoms with Crippen LogP contribution in [-0.2, 0) is 11.2 Å². The minimum absolute atomic E-state index is 0.0875. The van der Waals surface area contributed by atoms with E-state index in [1.807, 2.05) is 31.2 Å². The summed E-state index contributed by atoms with van der Waals surface area (Å²) in [5, 5.41) is 3.33. The molecule has 0 atom stereocenters. The molecule has 1 aliphatic heterocycles. The molecule has 8 nitrogen and oxygen atoms in total. The summed E-state index contributed by atoms with van der Waals surface area (Å²) < 4.78 is 5.09. The summed E-state index contributed by atoms with van der Waals surface area (Å²) in [6.07, 6.45) is 1.82. The van der Waals surface area contributed by atoms with E-state index in [1.165, 1.54) is 5.56 Å². The summed E-state index contributed by atoms with van der Waals surface area (Å²) in [6.45, 7) is 6.56. The van der Waals surface area contributed by atoms with Crippen molar-refractivity contribution in [1.29, 1.82) is 0 Å². The molecule has 2 aliphatic rings. The van der Waals surface area contributed by atoms with E-state index < -0.39 is 0 Å². The lowest BCUT2D eigenvalue weighted by molar-refractivity contribution is 0.0970. The largest absolute Gasteiger partial charge is 0.450 e. The molecule has 0 bridgehead atoms. The zero-order valence-electron chi connectivity index (χ0n) is 17.5. The Kier molecular flexibility index (Phi) is 5.83. The molecule has 2 aromatic rings. The van der Waals surface area contributed by atoms with Crippen LogP contribution in [0.1, 0.15) is 41.4 Å². The number of carbonyl (C=O) groups excluding carboxylic acids is 2. The third kappa shape index (κ3) is 4.22. The molecule has 0 radical (unpaired) electrons. The van der Waals surface area contributed by atoms with Gasteiger partial charge in [0.15, 0.2) is 5.78 Å². The fraction of sp³-hybridized carbons (Fsp3) is 0.455. The molecule has 1 aliphatic carbocycles. The van der Waals surface area contributed by atoms with Gasteiger partial charge in [-0.1, -0.05) is 17.7 Å². The summed E-state index contributed by atoms with van der Waals surface area (Å²) in [4.78, 5) is 37.8. The molecule has 2 heterocycles. The van der Waals surface area contributed by atoms with E-state index in [9.17, 15) is 9.59 Å². The van der Waals surface area contributed by atoms with Crippen LogP contribution in [-0.4, -0.2) is 59.5 Å². The topological polar surface area (TPSA) is 87.7 Å². The average Bonchev–Trinajstić information content (AvgIpc) is 2.75. The second kappa shape index (κ2) is 8.69. The van der Waals surface area contributed by atoms with E-state index in [0.717, 1.165) is 24.2 Å². The lowest BCUT2D eigenvalue weighted by Gasteiger charge is -2.34. The monoisotopic (exact) mass is 409 g/mol. The molecule has 1 aromatic heterocycles. The zero-order chi connectivity index (χ0) is 21.1. The van der Waals surface area contributed by atoms with Gasteiger partial charge < -0.3 is 19.9 Å². The Morgan fingerprint density at radius 1 is 1.10 bits per heavy atom. The van der Waals surface area contributed by atoms with Crippen molar-refractivity contribution in [2.75, 3.05) is 43.0 Å². The molecule has 8 heteroatoms. The lowest BCUT2D eigenvalue weighted by atomic mass is 9.95. The second-order valence-corrected chi connectivity index (χ2v) is 7.63. The maximum absolute atomic E-state index is 12.6. The van der Waals surface area contributed by atoms with Gasteiger partial charge in [0.25, 0.3) is 0 Å². The van der Waals surface area contributed by atoms with Gasteiger partial charge in [-0.2, -0.15) is 4.98 Å². The van der Waals surface area contributed by atoms with Crippen molar-refractivity contribution in [1.82, 2.24) is 14.9 Å². The highest BCUT2D eigenvalue weighted by atomic mass is 16.6. The van der Waals surface area contributed by atoms with Crippen molar-refractivity contribution in [3.8, 4) is 0 Å². The van der Waals surface area contributed by atoms with Gasteiger partial charge >= 0.3 is 6.09 Å². The lowest BCUT2D eigenvalue weighted by Crippen LogP contribution is -2.49. The molecular formula is C22H27N5O3. The number of ketones is 1. The highest BCUT2D eigenvalue weighted by molar-refractivity contribution is 6.03. The third-order valence-electron chi connectivity index (χ3n) is 5.47. The van der Waals surface area contributed by atoms with Gasteiger partial charge in [-0.25, -0.2) is 9.78 Å². The number of nitrogens with zero attached hydrogens (tertiary/aromatic N) is 4. The fourth-order valence-electron chi connectivity index (χ4n) is 3.82. The summed E-state index contributed by atoms with van der Waals surface area (Å²) >= 11 is 0. The summed E-state index contributed by atoms with van der Waals surface area (Å²) in [6, 6.07) is 8.00. The van der Waals surface area contributed by atoms with Crippen LogP contribution < -0.4 is 10.2 Å². The van der Waals surface area contributed by atoms with Gasteiger partial charge in [0.05, 0.1) is 17.9 Å². The van der Waals surface area contributed by atoms with Gasteiger partial charge in [0.2, 0.25) is 5.95 Å². The average molecular weight is 409 g/mol. The third-order valence-corrected chi connectivity index (χ3v) is 5.47. The number of hydrogen-bond acceptors (Lipinski definition) is 7. The maximum atomic E-state index is 12.6. The highest BCUT2D eigenvalue weighted by Crippen LogP contribution is 2.30. The SMILES string of the molecule is CCOC(=O)N1CCN(c2nc3c(c(Nc4ccc(C)cc4)n2)C(=O)CCC3)CC1. The zero-order valence-corrected chi connectivity index (χ0v) is 17.5. The quantitative estimate of drug-likeness (QED) is 0.829. The predicted octanol–water partition coefficient (Wildman–Crippen LogP) is 3.33. The Morgan fingerprint density at radius 3 is 2.53 bits per heavy atom. The van der Waals surface area contributed by atoms with Gasteiger partial charge in [-0.05, 0) is 38.8 Å². The molecule has 0 spiro atoms. The highest BCUT2D eigenvalue weighted by Gasteiger charge is 2.28. The molecule has 1 saturated heterocycles. The van der Waals surface area contributed by atoms with Crippen molar-refractivity contribution in [3.63, 3.8) is 0 Å². The molecule has 30 heavy (non-hydrogen) atoms. The van der Waals surface area contributed by atoms with Gasteiger partial charge in [0, 0.05) is 38.3 Å². The first-order valence-electron chi connectivity index (χ1n) is 10.5. The first-order chi connectivity index (χ1) is 14.5. The minimum Gasteiger partial charge on any atom is -0.450 e. The fourth-order valence-corrected chi connectivity index (χ4v) is 3.82. The van der Waals surface area contributed by atoms with E-state index >= 15 is 0 Å². The number of ether oxygens (including phenoxy) is 1. The number of amides is 1. The normalized spacial score (nSPS) is 16.3. The molecule has 4 rings (SSSR count). The van der Waals surface area contributed by atoms with E-state index in [1.54, 1.807) is 11.8 Å². The molecule has 1 N–H and O–H groups in total. The molecule has 1 aromatic carbocycles. The van der Waals surface area contributed by atoms with Crippen LogP contribution in [0.5, 0.6) is 0 Å². The van der Waals surface area contributed by atoms with Crippen LogP contribution in [0.3, 0.4) is 0 Å². The van der Waals surface area contributed by atoms with Crippen LogP contribution in [0, 0.1) is 6.92 Å². The van der Waals surface area contributed by atoms with Crippen molar-refractivity contribution >= 4 is 29.3 Å². The van der Waals surface area contributed by atoms with Gasteiger partial charge in [-0.15, -0.1) is 0 Å². The van der Waals surface area contributed by atoms with Crippen molar-refractivity contribution < 1.29 is 14.3 Å². The molecule has 0 unspecified atom stereocenters. The number of benzene rings is 1. The van der Waals surface area contributed by atoms with E-state index in [2.05, 4.69) is 10.2 Å². The number of aromatic nitrogens is 2. The number of piperazine rings is 1. The number of hydrogen-bond donors (Lipinski definition) is 1. The summed E-state index contributed by atoms with van der Waals surface area (Å²) in [5.41, 5.74) is 3.47. The number of Topliss-reactive ketones (excluding diaryl/α,β-unsaturated/α-hetero) is 1. The molecule has 1 amide bonds. The van der Waals surface area contributed by atoms with Crippen LogP contribution in [0.15, 0.2) is 24.3 Å². The van der Waals surface area contributed by atoms with Crippen molar-refractivity contribution in [2.45, 2.75) is 33.1 Å². The summed E-state index contributed by atoms with van der Waals surface area (Å²) in [7, 11) is 0. The number of fused-ring (bicyclic) bond motifs is 1. The number of anilines is 3. The Hall–Kier alpha value is -3.16. The Labute approximate surface area is 176 Å². The molecule has 1 fully saturated rings. The van der Waals surface area contributed by atoms with Crippen LogP contribution in [0.4, 0.5) is 22.2 Å². The number of nitrogens with one attached hydrogen (secondary N) is 1. The first kappa shape index (κ1) is 20.1. The Bertz CT molecular complexity index is 937. The summed E-state index contributed by atoms with van der Waals surface area (Å²) in [5.74, 6) is 1.25. The Balaban J connectivity index is 1.59.